The molecule has 1 atom stereocenters. The average molecular weight is 515 g/mol. The molecule has 0 bridgehead atoms. The highest BCUT2D eigenvalue weighted by molar-refractivity contribution is 5.94. The van der Waals surface area contributed by atoms with Crippen molar-refractivity contribution in [2.75, 3.05) is 19.6 Å². The van der Waals surface area contributed by atoms with E-state index in [1.807, 2.05) is 58.0 Å². The van der Waals surface area contributed by atoms with E-state index in [4.69, 9.17) is 20.9 Å². The van der Waals surface area contributed by atoms with E-state index in [1.54, 1.807) is 6.20 Å². The number of benzene rings is 2. The molecule has 1 saturated heterocycles. The van der Waals surface area contributed by atoms with Crippen LogP contribution >= 0.6 is 0 Å². The third-order valence-electron chi connectivity index (χ3n) is 7.29. The second kappa shape index (κ2) is 11.6. The first-order valence-corrected chi connectivity index (χ1v) is 13.2. The molecule has 1 aliphatic heterocycles. The topological polar surface area (TPSA) is 126 Å². The van der Waals surface area contributed by atoms with Gasteiger partial charge >= 0.3 is 0 Å². The first kappa shape index (κ1) is 27.1. The van der Waals surface area contributed by atoms with Crippen molar-refractivity contribution < 1.29 is 9.47 Å². The normalized spacial score (nSPS) is 16.7. The van der Waals surface area contributed by atoms with Gasteiger partial charge in [-0.2, -0.15) is 10.4 Å². The maximum absolute atomic E-state index is 9.98. The number of H-pyrrole nitrogens is 1. The lowest BCUT2D eigenvalue weighted by Crippen LogP contribution is -2.38. The number of hydrogen-bond donors (Lipinski definition) is 3. The minimum atomic E-state index is -0.291. The van der Waals surface area contributed by atoms with Crippen LogP contribution in [0.1, 0.15) is 51.7 Å². The van der Waals surface area contributed by atoms with Gasteiger partial charge in [-0.3, -0.25) is 5.10 Å². The van der Waals surface area contributed by atoms with Crippen LogP contribution in [0.4, 0.5) is 0 Å². The van der Waals surface area contributed by atoms with Gasteiger partial charge in [0.2, 0.25) is 0 Å². The van der Waals surface area contributed by atoms with Crippen molar-refractivity contribution in [1.29, 1.82) is 5.26 Å². The second-order valence-corrected chi connectivity index (χ2v) is 10.0. The van der Waals surface area contributed by atoms with Crippen molar-refractivity contribution in [3.8, 4) is 28.8 Å². The molecule has 4 rings (SSSR count). The standard InChI is InChI=1S/C30H38N6O2/c1-6-36-11-9-24(10-12-36)38-30-18(2)13-22(14-23(30)17-32)29-26-15-25(7-8-27(26)34-35-29)37-21(5)28(20(4)33)19(3)16-31/h7-8,13-16,21,24H,6,9-12,31,33H2,1-5H3,(H,34,35)/b19-16-,28-20+/t21-/m1/s1. The summed E-state index contributed by atoms with van der Waals surface area (Å²) in [5.74, 6) is 1.36. The van der Waals surface area contributed by atoms with Crippen LogP contribution in [-0.4, -0.2) is 46.9 Å². The van der Waals surface area contributed by atoms with E-state index in [0.717, 1.165) is 71.3 Å². The largest absolute Gasteiger partial charge is 0.489 e. The smallest absolute Gasteiger partial charge is 0.140 e. The van der Waals surface area contributed by atoms with Gasteiger partial charge in [0.25, 0.3) is 0 Å². The molecule has 5 N–H and O–H groups in total. The molecule has 1 fully saturated rings. The fourth-order valence-corrected chi connectivity index (χ4v) is 5.25. The molecule has 200 valence electrons. The minimum absolute atomic E-state index is 0.121. The molecular formula is C30H38N6O2. The van der Waals surface area contributed by atoms with Gasteiger partial charge < -0.3 is 25.8 Å². The summed E-state index contributed by atoms with van der Waals surface area (Å²) in [6.45, 7) is 13.0. The van der Waals surface area contributed by atoms with Gasteiger partial charge in [0.15, 0.2) is 0 Å². The Balaban J connectivity index is 1.63. The number of aryl methyl sites for hydroxylation is 1. The number of fused-ring (bicyclic) bond motifs is 1. The zero-order valence-electron chi connectivity index (χ0n) is 23.0. The summed E-state index contributed by atoms with van der Waals surface area (Å²) >= 11 is 0. The third-order valence-corrected chi connectivity index (χ3v) is 7.29. The Morgan fingerprint density at radius 2 is 2.00 bits per heavy atom. The quantitative estimate of drug-likeness (QED) is 0.356. The maximum Gasteiger partial charge on any atom is 0.140 e. The Morgan fingerprint density at radius 3 is 2.63 bits per heavy atom. The molecule has 3 aromatic rings. The van der Waals surface area contributed by atoms with Gasteiger partial charge in [0, 0.05) is 35.3 Å². The molecule has 8 heteroatoms. The Hall–Kier alpha value is -3.96. The number of likely N-dealkylation sites (tertiary alicyclic amines) is 1. The lowest BCUT2D eigenvalue weighted by molar-refractivity contribution is 0.103. The van der Waals surface area contributed by atoms with Crippen LogP contribution in [0.15, 0.2) is 53.4 Å². The molecular weight excluding hydrogens is 476 g/mol. The zero-order valence-corrected chi connectivity index (χ0v) is 23.0. The molecule has 0 aliphatic carbocycles. The SMILES string of the molecule is CCN1CCC(Oc2c(C)cc(-c3n[nH]c4ccc(O[C@H](C)C(/C(C)=C\N)=C(\C)N)cc34)cc2C#N)CC1. The molecule has 2 heterocycles. The number of piperidine rings is 1. The van der Waals surface area contributed by atoms with E-state index >= 15 is 0 Å². The van der Waals surface area contributed by atoms with E-state index in [9.17, 15) is 5.26 Å². The number of nitrogens with zero attached hydrogens (tertiary/aromatic N) is 3. The second-order valence-electron chi connectivity index (χ2n) is 10.0. The first-order valence-electron chi connectivity index (χ1n) is 13.2. The van der Waals surface area contributed by atoms with Gasteiger partial charge in [-0.05, 0) is 94.7 Å². The van der Waals surface area contributed by atoms with Crippen molar-refractivity contribution in [3.05, 3.63) is 64.5 Å². The molecule has 0 unspecified atom stereocenters. The van der Waals surface area contributed by atoms with E-state index in [2.05, 4.69) is 28.1 Å². The number of ether oxygens (including phenoxy) is 2. The van der Waals surface area contributed by atoms with Crippen LogP contribution in [0.3, 0.4) is 0 Å². The summed E-state index contributed by atoms with van der Waals surface area (Å²) in [6, 6.07) is 12.0. The number of nitrogens with two attached hydrogens (primary N) is 2. The van der Waals surface area contributed by atoms with Crippen molar-refractivity contribution >= 4 is 10.9 Å². The van der Waals surface area contributed by atoms with Crippen LogP contribution in [0.25, 0.3) is 22.2 Å². The number of aromatic amines is 1. The van der Waals surface area contributed by atoms with Crippen LogP contribution in [0, 0.1) is 18.3 Å². The summed E-state index contributed by atoms with van der Waals surface area (Å²) in [5.41, 5.74) is 18.2. The molecule has 1 aliphatic rings. The number of aromatic nitrogens is 2. The Morgan fingerprint density at radius 1 is 1.26 bits per heavy atom. The number of hydrogen-bond acceptors (Lipinski definition) is 7. The summed E-state index contributed by atoms with van der Waals surface area (Å²) in [7, 11) is 0. The monoisotopic (exact) mass is 514 g/mol. The van der Waals surface area contributed by atoms with Crippen LogP contribution in [-0.2, 0) is 0 Å². The fraction of sp³-hybridized carbons (Fsp3) is 0.400. The summed E-state index contributed by atoms with van der Waals surface area (Å²) in [5, 5.41) is 18.6. The lowest BCUT2D eigenvalue weighted by Gasteiger charge is -2.31. The number of nitrogens with one attached hydrogen (secondary N) is 1. The van der Waals surface area contributed by atoms with Crippen molar-refractivity contribution in [2.45, 2.75) is 59.7 Å². The van der Waals surface area contributed by atoms with Crippen LogP contribution in [0.5, 0.6) is 11.5 Å². The van der Waals surface area contributed by atoms with Gasteiger partial charge in [-0.15, -0.1) is 0 Å². The van der Waals surface area contributed by atoms with E-state index in [1.165, 1.54) is 0 Å². The van der Waals surface area contributed by atoms with E-state index < -0.39 is 0 Å². The summed E-state index contributed by atoms with van der Waals surface area (Å²) < 4.78 is 12.6. The van der Waals surface area contributed by atoms with Crippen LogP contribution in [0.2, 0.25) is 0 Å². The summed E-state index contributed by atoms with van der Waals surface area (Å²) in [6.07, 6.45) is 3.30. The van der Waals surface area contributed by atoms with E-state index in [0.29, 0.717) is 22.8 Å². The molecule has 2 aromatic carbocycles. The van der Waals surface area contributed by atoms with Crippen LogP contribution < -0.4 is 20.9 Å². The minimum Gasteiger partial charge on any atom is -0.489 e. The Bertz CT molecular complexity index is 1400. The molecule has 1 aromatic heterocycles. The van der Waals surface area contributed by atoms with Gasteiger partial charge in [0.1, 0.15) is 35.5 Å². The highest BCUT2D eigenvalue weighted by Gasteiger charge is 2.23. The Labute approximate surface area is 224 Å². The predicted molar refractivity (Wildman–Crippen MR) is 152 cm³/mol. The molecule has 0 spiro atoms. The van der Waals surface area contributed by atoms with Gasteiger partial charge in [-0.25, -0.2) is 0 Å². The average Bonchev–Trinajstić information content (AvgIpc) is 3.33. The van der Waals surface area contributed by atoms with Crippen molar-refractivity contribution in [1.82, 2.24) is 15.1 Å². The first-order chi connectivity index (χ1) is 18.2. The lowest BCUT2D eigenvalue weighted by atomic mass is 10.00. The number of nitriles is 1. The van der Waals surface area contributed by atoms with Crippen molar-refractivity contribution in [2.24, 2.45) is 11.5 Å². The summed E-state index contributed by atoms with van der Waals surface area (Å²) in [4.78, 5) is 2.42. The number of rotatable bonds is 8. The fourth-order valence-electron chi connectivity index (χ4n) is 5.25. The van der Waals surface area contributed by atoms with E-state index in [-0.39, 0.29) is 12.2 Å². The maximum atomic E-state index is 9.98. The third kappa shape index (κ3) is 5.63. The molecule has 8 nitrogen and oxygen atoms in total. The zero-order chi connectivity index (χ0) is 27.4. The molecule has 38 heavy (non-hydrogen) atoms. The van der Waals surface area contributed by atoms with Gasteiger partial charge in [0.05, 0.1) is 11.1 Å². The van der Waals surface area contributed by atoms with Crippen molar-refractivity contribution in [3.63, 3.8) is 0 Å². The number of allylic oxidation sites excluding steroid dienone is 1. The highest BCUT2D eigenvalue weighted by Crippen LogP contribution is 2.35. The molecule has 0 radical (unpaired) electrons. The van der Waals surface area contributed by atoms with Gasteiger partial charge in [-0.1, -0.05) is 6.92 Å². The Kier molecular flexibility index (Phi) is 8.28. The molecule has 0 amide bonds. The predicted octanol–water partition coefficient (Wildman–Crippen LogP) is 5.14. The highest BCUT2D eigenvalue weighted by atomic mass is 16.5. The molecule has 0 saturated carbocycles.